The van der Waals surface area contributed by atoms with Gasteiger partial charge in [-0.15, -0.1) is 11.3 Å². The first-order valence-corrected chi connectivity index (χ1v) is 20.3. The van der Waals surface area contributed by atoms with E-state index in [4.69, 9.17) is 14.4 Å². The lowest BCUT2D eigenvalue weighted by atomic mass is 9.98. The number of nitrogens with zero attached hydrogens (tertiary/aromatic N) is 3. The molecule has 10 aromatic rings. The van der Waals surface area contributed by atoms with E-state index >= 15 is 0 Å². The van der Waals surface area contributed by atoms with Crippen molar-refractivity contribution in [2.45, 2.75) is 19.0 Å². The van der Waals surface area contributed by atoms with Crippen LogP contribution in [0.5, 0.6) is 0 Å². The standard InChI is InChI=1S/C51H34N4OS/c1-3-15-31(16-4-1)49-52-50(32-17-5-2-6-18-32)54-51(53-49)40-26-14-30-44-45(40)39-25-11-21-35(46(39)56-44)36-22-12-23-37-38-24-13-29-43(48(38)57-47(36)37)55-41-27-9-7-19-33(41)34-20-8-10-28-42(34)55/h1-9,11-27,29-30,51H,10,28H2,(H,52,53,54). The zero-order valence-electron chi connectivity index (χ0n) is 30.8. The molecule has 3 aromatic heterocycles. The fourth-order valence-electron chi connectivity index (χ4n) is 9.02. The van der Waals surface area contributed by atoms with Crippen LogP contribution in [-0.2, 0) is 6.42 Å². The Morgan fingerprint density at radius 3 is 2.19 bits per heavy atom. The van der Waals surface area contributed by atoms with Crippen LogP contribution in [-0.4, -0.2) is 16.2 Å². The molecule has 0 saturated carbocycles. The van der Waals surface area contributed by atoms with Crippen LogP contribution in [0.2, 0.25) is 0 Å². The number of benzene rings is 7. The van der Waals surface area contributed by atoms with Crippen molar-refractivity contribution in [3.8, 4) is 16.8 Å². The van der Waals surface area contributed by atoms with Crippen LogP contribution in [0.3, 0.4) is 0 Å². The summed E-state index contributed by atoms with van der Waals surface area (Å²) in [6.45, 7) is 0. The summed E-state index contributed by atoms with van der Waals surface area (Å²) in [5.41, 5.74) is 12.2. The maximum absolute atomic E-state index is 6.90. The Labute approximate surface area is 332 Å². The molecule has 0 bridgehead atoms. The van der Waals surface area contributed by atoms with E-state index in [1.807, 2.05) is 47.7 Å². The molecule has 1 N–H and O–H groups in total. The number of rotatable bonds is 5. The molecular formula is C51H34N4OS. The molecule has 4 heterocycles. The van der Waals surface area contributed by atoms with Gasteiger partial charge in [-0.3, -0.25) is 0 Å². The average molecular weight is 751 g/mol. The highest BCUT2D eigenvalue weighted by Crippen LogP contribution is 2.47. The maximum Gasteiger partial charge on any atom is 0.159 e. The van der Waals surface area contributed by atoms with Crippen molar-refractivity contribution >= 4 is 82.1 Å². The number of thiophene rings is 1. The van der Waals surface area contributed by atoms with Crippen LogP contribution < -0.4 is 5.32 Å². The molecule has 1 atom stereocenters. The normalized spacial score (nSPS) is 15.3. The third-order valence-corrected chi connectivity index (χ3v) is 12.8. The van der Waals surface area contributed by atoms with E-state index in [0.717, 1.165) is 62.9 Å². The maximum atomic E-state index is 6.90. The molecule has 0 amide bonds. The Balaban J connectivity index is 1.03. The lowest BCUT2D eigenvalue weighted by Crippen LogP contribution is -2.33. The van der Waals surface area contributed by atoms with E-state index in [2.05, 4.69) is 143 Å². The fourth-order valence-corrected chi connectivity index (χ4v) is 10.4. The minimum Gasteiger partial charge on any atom is -0.455 e. The zero-order valence-corrected chi connectivity index (χ0v) is 31.6. The van der Waals surface area contributed by atoms with Crippen molar-refractivity contribution in [3.05, 3.63) is 192 Å². The number of nitrogens with one attached hydrogen (secondary N) is 1. The summed E-state index contributed by atoms with van der Waals surface area (Å²) in [7, 11) is 0. The summed E-state index contributed by atoms with van der Waals surface area (Å²) in [6, 6.07) is 55.7. The molecule has 57 heavy (non-hydrogen) atoms. The van der Waals surface area contributed by atoms with Gasteiger partial charge in [0.15, 0.2) is 5.84 Å². The Kier molecular flexibility index (Phi) is 7.22. The number of hydrogen-bond acceptors (Lipinski definition) is 5. The number of aliphatic imine (C=N–C) groups is 2. The summed E-state index contributed by atoms with van der Waals surface area (Å²) in [5.74, 6) is 1.49. The molecule has 270 valence electrons. The molecular weight excluding hydrogens is 717 g/mol. The summed E-state index contributed by atoms with van der Waals surface area (Å²) in [6.07, 6.45) is 6.33. The molecule has 6 heteroatoms. The van der Waals surface area contributed by atoms with Crippen LogP contribution in [0.1, 0.15) is 40.5 Å². The molecule has 5 nitrogen and oxygen atoms in total. The lowest BCUT2D eigenvalue weighted by molar-refractivity contribution is 0.663. The van der Waals surface area contributed by atoms with Gasteiger partial charge in [0, 0.05) is 70.7 Å². The van der Waals surface area contributed by atoms with Crippen molar-refractivity contribution in [1.29, 1.82) is 0 Å². The number of furan rings is 1. The van der Waals surface area contributed by atoms with Gasteiger partial charge >= 0.3 is 0 Å². The van der Waals surface area contributed by atoms with Gasteiger partial charge in [-0.2, -0.15) is 0 Å². The predicted octanol–water partition coefficient (Wildman–Crippen LogP) is 13.0. The molecule has 2 aliphatic rings. The second-order valence-electron chi connectivity index (χ2n) is 14.8. The minimum atomic E-state index is -0.378. The van der Waals surface area contributed by atoms with E-state index in [9.17, 15) is 0 Å². The SMILES string of the molecule is C1=Cc2c(n(-c3cccc4c3sc3c(-c5cccc6c5oc5cccc(C7N=C(c8ccccc8)N=C(c8ccccc8)N7)c56)cccc34)c3ccccc23)CC1. The molecule has 1 unspecified atom stereocenters. The van der Waals surface area contributed by atoms with Crippen molar-refractivity contribution < 1.29 is 4.42 Å². The molecule has 7 aromatic carbocycles. The monoisotopic (exact) mass is 750 g/mol. The number of fused-ring (bicyclic) bond motifs is 9. The number of para-hydroxylation sites is 2. The molecule has 12 rings (SSSR count). The number of aromatic nitrogens is 1. The molecule has 1 aliphatic heterocycles. The summed E-state index contributed by atoms with van der Waals surface area (Å²) in [4.78, 5) is 10.2. The summed E-state index contributed by atoms with van der Waals surface area (Å²) in [5, 5.41) is 9.65. The van der Waals surface area contributed by atoms with Gasteiger partial charge in [0.1, 0.15) is 23.2 Å². The molecule has 0 fully saturated rings. The van der Waals surface area contributed by atoms with E-state index in [-0.39, 0.29) is 6.17 Å². The van der Waals surface area contributed by atoms with E-state index < -0.39 is 0 Å². The topological polar surface area (TPSA) is 54.8 Å². The summed E-state index contributed by atoms with van der Waals surface area (Å²) < 4.78 is 12.0. The Hall–Kier alpha value is -7.02. The van der Waals surface area contributed by atoms with Gasteiger partial charge in [0.25, 0.3) is 0 Å². The lowest BCUT2D eigenvalue weighted by Gasteiger charge is -2.24. The zero-order chi connectivity index (χ0) is 37.5. The van der Waals surface area contributed by atoms with Gasteiger partial charge < -0.3 is 14.3 Å². The van der Waals surface area contributed by atoms with Gasteiger partial charge in [-0.1, -0.05) is 152 Å². The quantitative estimate of drug-likeness (QED) is 0.190. The van der Waals surface area contributed by atoms with E-state index in [1.54, 1.807) is 0 Å². The summed E-state index contributed by atoms with van der Waals surface area (Å²) >= 11 is 1.88. The smallest absolute Gasteiger partial charge is 0.159 e. The number of amidine groups is 2. The Morgan fingerprint density at radius 1 is 0.632 bits per heavy atom. The fraction of sp³-hybridized carbons (Fsp3) is 0.0588. The van der Waals surface area contributed by atoms with Crippen molar-refractivity contribution in [3.63, 3.8) is 0 Å². The van der Waals surface area contributed by atoms with Crippen LogP contribution >= 0.6 is 11.3 Å². The van der Waals surface area contributed by atoms with Gasteiger partial charge in [-0.25, -0.2) is 9.98 Å². The van der Waals surface area contributed by atoms with E-state index in [0.29, 0.717) is 5.84 Å². The first-order chi connectivity index (χ1) is 28.3. The van der Waals surface area contributed by atoms with Crippen LogP contribution in [0.15, 0.2) is 178 Å². The number of hydrogen-bond donors (Lipinski definition) is 1. The van der Waals surface area contributed by atoms with Gasteiger partial charge in [-0.05, 0) is 31.0 Å². The first-order valence-electron chi connectivity index (χ1n) is 19.5. The van der Waals surface area contributed by atoms with Crippen LogP contribution in [0.25, 0.3) is 75.9 Å². The predicted molar refractivity (Wildman–Crippen MR) is 238 cm³/mol. The molecule has 0 radical (unpaired) electrons. The highest BCUT2D eigenvalue weighted by molar-refractivity contribution is 7.26. The molecule has 1 aliphatic carbocycles. The largest absolute Gasteiger partial charge is 0.455 e. The van der Waals surface area contributed by atoms with Crippen molar-refractivity contribution in [2.75, 3.05) is 0 Å². The highest BCUT2D eigenvalue weighted by Gasteiger charge is 2.26. The second kappa shape index (κ2) is 12.8. The molecule has 0 spiro atoms. The molecule has 0 saturated heterocycles. The number of allylic oxidation sites excluding steroid dienone is 1. The van der Waals surface area contributed by atoms with Crippen LogP contribution in [0, 0.1) is 0 Å². The van der Waals surface area contributed by atoms with Crippen molar-refractivity contribution in [2.24, 2.45) is 9.98 Å². The van der Waals surface area contributed by atoms with Gasteiger partial charge in [0.2, 0.25) is 0 Å². The average Bonchev–Trinajstić information content (AvgIpc) is 3.97. The van der Waals surface area contributed by atoms with Crippen molar-refractivity contribution in [1.82, 2.24) is 9.88 Å². The second-order valence-corrected chi connectivity index (χ2v) is 15.8. The first kappa shape index (κ1) is 32.2. The van der Waals surface area contributed by atoms with Gasteiger partial charge in [0.05, 0.1) is 15.9 Å². The highest BCUT2D eigenvalue weighted by atomic mass is 32.1. The minimum absolute atomic E-state index is 0.378. The third kappa shape index (κ3) is 5.00. The van der Waals surface area contributed by atoms with Crippen LogP contribution in [0.4, 0.5) is 0 Å². The Bertz CT molecular complexity index is 3330. The van der Waals surface area contributed by atoms with E-state index in [1.165, 1.54) is 53.6 Å². The third-order valence-electron chi connectivity index (χ3n) is 11.6. The Morgan fingerprint density at radius 2 is 1.33 bits per heavy atom.